The van der Waals surface area contributed by atoms with Crippen molar-refractivity contribution in [3.05, 3.63) is 45.9 Å². The Bertz CT molecular complexity index is 1080. The van der Waals surface area contributed by atoms with Gasteiger partial charge in [-0.25, -0.2) is 4.98 Å². The standard InChI is InChI=1S/C22H25Cl2N5OS/c1-14-19(30-13-25-14)20-26-27-21(28(20)2)31-7-3-5-29-6-4-22(12-29)11-18(22)15-8-16(23)10-17(24)9-15/h8-10,13,18H,3-7,11-12H2,1-2H3/t18-,22+/m0/s1. The normalized spacial score (nSPS) is 23.2. The molecule has 0 amide bonds. The van der Waals surface area contributed by atoms with Crippen molar-refractivity contribution in [1.82, 2.24) is 24.6 Å². The van der Waals surface area contributed by atoms with Gasteiger partial charge in [-0.05, 0) is 74.4 Å². The first kappa shape index (κ1) is 21.3. The Morgan fingerprint density at radius 3 is 2.77 bits per heavy atom. The van der Waals surface area contributed by atoms with Gasteiger partial charge in [0.05, 0.1) is 5.69 Å². The highest BCUT2D eigenvalue weighted by molar-refractivity contribution is 7.99. The van der Waals surface area contributed by atoms with Gasteiger partial charge < -0.3 is 13.9 Å². The maximum Gasteiger partial charge on any atom is 0.202 e. The molecule has 3 aromatic rings. The molecule has 0 radical (unpaired) electrons. The van der Waals surface area contributed by atoms with Crippen molar-refractivity contribution in [2.45, 2.75) is 37.3 Å². The van der Waals surface area contributed by atoms with Gasteiger partial charge in [0.25, 0.3) is 0 Å². The average Bonchev–Trinajstić information content (AvgIpc) is 2.99. The number of aryl methyl sites for hydroxylation is 1. The third kappa shape index (κ3) is 4.25. The molecule has 1 saturated heterocycles. The summed E-state index contributed by atoms with van der Waals surface area (Å²) in [5, 5.41) is 11.0. The van der Waals surface area contributed by atoms with Gasteiger partial charge in [-0.1, -0.05) is 35.0 Å². The smallest absolute Gasteiger partial charge is 0.202 e. The van der Waals surface area contributed by atoms with E-state index in [1.807, 2.05) is 24.6 Å². The predicted octanol–water partition coefficient (Wildman–Crippen LogP) is 5.45. The molecule has 5 rings (SSSR count). The summed E-state index contributed by atoms with van der Waals surface area (Å²) in [5.41, 5.74) is 2.55. The van der Waals surface area contributed by atoms with E-state index in [-0.39, 0.29) is 0 Å². The van der Waals surface area contributed by atoms with Gasteiger partial charge >= 0.3 is 0 Å². The van der Waals surface area contributed by atoms with E-state index in [0.717, 1.165) is 45.4 Å². The van der Waals surface area contributed by atoms with Crippen molar-refractivity contribution in [3.8, 4) is 11.6 Å². The molecule has 1 aromatic carbocycles. The number of hydrogen-bond acceptors (Lipinski definition) is 6. The summed E-state index contributed by atoms with van der Waals surface area (Å²) < 4.78 is 7.43. The lowest BCUT2D eigenvalue weighted by atomic mass is 9.98. The molecule has 0 bridgehead atoms. The minimum absolute atomic E-state index is 0.425. The van der Waals surface area contributed by atoms with Gasteiger partial charge in [0.15, 0.2) is 17.3 Å². The summed E-state index contributed by atoms with van der Waals surface area (Å²) in [6, 6.07) is 5.98. The molecule has 1 aliphatic heterocycles. The molecule has 0 unspecified atom stereocenters. The maximum atomic E-state index is 6.21. The highest BCUT2D eigenvalue weighted by atomic mass is 35.5. The van der Waals surface area contributed by atoms with Crippen LogP contribution in [0.15, 0.2) is 34.2 Å². The van der Waals surface area contributed by atoms with Crippen LogP contribution in [0.5, 0.6) is 0 Å². The number of oxazole rings is 1. The van der Waals surface area contributed by atoms with E-state index in [9.17, 15) is 0 Å². The Morgan fingerprint density at radius 1 is 1.23 bits per heavy atom. The second-order valence-electron chi connectivity index (χ2n) is 8.68. The summed E-state index contributed by atoms with van der Waals surface area (Å²) in [6.07, 6.45) is 5.08. The zero-order valence-corrected chi connectivity index (χ0v) is 20.0. The van der Waals surface area contributed by atoms with E-state index >= 15 is 0 Å². The molecule has 9 heteroatoms. The zero-order chi connectivity index (χ0) is 21.6. The first-order valence-corrected chi connectivity index (χ1v) is 12.3. The summed E-state index contributed by atoms with van der Waals surface area (Å²) in [4.78, 5) is 6.74. The fourth-order valence-corrected chi connectivity index (χ4v) is 6.21. The number of hydrogen-bond donors (Lipinski definition) is 0. The van der Waals surface area contributed by atoms with Gasteiger partial charge in [0.2, 0.25) is 5.82 Å². The lowest BCUT2D eigenvalue weighted by Crippen LogP contribution is -2.23. The van der Waals surface area contributed by atoms with Gasteiger partial charge in [-0.2, -0.15) is 0 Å². The third-order valence-corrected chi connectivity index (χ3v) is 8.12. The Balaban J connectivity index is 1.11. The Morgan fingerprint density at radius 2 is 2.03 bits per heavy atom. The molecule has 1 aliphatic carbocycles. The third-order valence-electron chi connectivity index (χ3n) is 6.57. The van der Waals surface area contributed by atoms with Gasteiger partial charge in [0.1, 0.15) is 0 Å². The lowest BCUT2D eigenvalue weighted by Gasteiger charge is -2.16. The van der Waals surface area contributed by atoms with E-state index in [2.05, 4.69) is 32.2 Å². The first-order valence-electron chi connectivity index (χ1n) is 10.6. The fourth-order valence-electron chi connectivity index (χ4n) is 4.83. The number of nitrogens with zero attached hydrogens (tertiary/aromatic N) is 5. The molecule has 2 fully saturated rings. The monoisotopic (exact) mass is 477 g/mol. The number of benzene rings is 1. The molecular weight excluding hydrogens is 453 g/mol. The Hall–Kier alpha value is -1.54. The minimum atomic E-state index is 0.425. The molecule has 2 atom stereocenters. The van der Waals surface area contributed by atoms with Crippen LogP contribution in [-0.2, 0) is 7.05 Å². The summed E-state index contributed by atoms with van der Waals surface area (Å²) in [5.74, 6) is 3.02. The van der Waals surface area contributed by atoms with Crippen LogP contribution in [0.25, 0.3) is 11.6 Å². The predicted molar refractivity (Wildman–Crippen MR) is 124 cm³/mol. The van der Waals surface area contributed by atoms with Crippen LogP contribution < -0.4 is 0 Å². The van der Waals surface area contributed by atoms with Crippen molar-refractivity contribution >= 4 is 35.0 Å². The molecule has 2 aromatic heterocycles. The van der Waals surface area contributed by atoms with Crippen LogP contribution in [0.4, 0.5) is 0 Å². The first-order chi connectivity index (χ1) is 14.9. The quantitative estimate of drug-likeness (QED) is 0.333. The molecule has 1 spiro atoms. The number of rotatable bonds is 7. The van der Waals surface area contributed by atoms with Crippen LogP contribution in [-0.4, -0.2) is 50.0 Å². The molecule has 1 saturated carbocycles. The Labute approximate surface area is 196 Å². The lowest BCUT2D eigenvalue weighted by molar-refractivity contribution is 0.319. The van der Waals surface area contributed by atoms with Crippen molar-refractivity contribution < 1.29 is 4.42 Å². The van der Waals surface area contributed by atoms with Crippen LogP contribution >= 0.6 is 35.0 Å². The number of aromatic nitrogens is 4. The van der Waals surface area contributed by atoms with Crippen molar-refractivity contribution in [2.75, 3.05) is 25.4 Å². The number of likely N-dealkylation sites (tertiary alicyclic amines) is 1. The molecule has 6 nitrogen and oxygen atoms in total. The maximum absolute atomic E-state index is 6.21. The second kappa shape index (κ2) is 8.43. The van der Waals surface area contributed by atoms with E-state index in [1.165, 1.54) is 37.9 Å². The molecule has 2 aliphatic rings. The highest BCUT2D eigenvalue weighted by Gasteiger charge is 2.57. The second-order valence-corrected chi connectivity index (χ2v) is 10.6. The number of halogens is 2. The topological polar surface area (TPSA) is 60.0 Å². The largest absolute Gasteiger partial charge is 0.440 e. The van der Waals surface area contributed by atoms with Crippen LogP contribution in [0, 0.1) is 12.3 Å². The van der Waals surface area contributed by atoms with Crippen molar-refractivity contribution in [2.24, 2.45) is 12.5 Å². The summed E-state index contributed by atoms with van der Waals surface area (Å²) in [6.45, 7) is 5.37. The summed E-state index contributed by atoms with van der Waals surface area (Å²) >= 11 is 14.2. The molecule has 3 heterocycles. The van der Waals surface area contributed by atoms with Gasteiger partial charge in [-0.15, -0.1) is 10.2 Å². The Kier molecular flexibility index (Phi) is 5.79. The molecular formula is C22H25Cl2N5OS. The molecule has 31 heavy (non-hydrogen) atoms. The van der Waals surface area contributed by atoms with Gasteiger partial charge in [0, 0.05) is 29.4 Å². The average molecular weight is 478 g/mol. The van der Waals surface area contributed by atoms with E-state index < -0.39 is 0 Å². The van der Waals surface area contributed by atoms with Crippen LogP contribution in [0.3, 0.4) is 0 Å². The van der Waals surface area contributed by atoms with Crippen LogP contribution in [0.1, 0.15) is 36.4 Å². The van der Waals surface area contributed by atoms with Crippen LogP contribution in [0.2, 0.25) is 10.0 Å². The van der Waals surface area contributed by atoms with Crippen molar-refractivity contribution in [1.29, 1.82) is 0 Å². The fraction of sp³-hybridized carbons (Fsp3) is 0.500. The van der Waals surface area contributed by atoms with Crippen molar-refractivity contribution in [3.63, 3.8) is 0 Å². The van der Waals surface area contributed by atoms with E-state index in [4.69, 9.17) is 27.6 Å². The molecule has 0 N–H and O–H groups in total. The highest BCUT2D eigenvalue weighted by Crippen LogP contribution is 2.64. The van der Waals surface area contributed by atoms with E-state index in [1.54, 1.807) is 11.8 Å². The summed E-state index contributed by atoms with van der Waals surface area (Å²) in [7, 11) is 1.97. The van der Waals surface area contributed by atoms with Gasteiger partial charge in [-0.3, -0.25) is 0 Å². The van der Waals surface area contributed by atoms with E-state index in [0.29, 0.717) is 17.1 Å². The molecule has 164 valence electrons. The SMILES string of the molecule is Cc1ncoc1-c1nnc(SCCCN2CC[C@@]3(C[C@H]3c3cc(Cl)cc(Cl)c3)C2)n1C. The number of thioether (sulfide) groups is 1. The zero-order valence-electron chi connectivity index (χ0n) is 17.6. The minimum Gasteiger partial charge on any atom is -0.440 e.